The quantitative estimate of drug-likeness (QED) is 0.781. The molecule has 0 aromatic heterocycles. The van der Waals surface area contributed by atoms with Crippen LogP contribution in [0.4, 0.5) is 15.3 Å². The minimum absolute atomic E-state index is 0.301. The molecule has 0 saturated heterocycles. The maximum atomic E-state index is 11.1. The molecule has 1 rings (SSSR count). The van der Waals surface area contributed by atoms with Crippen molar-refractivity contribution in [2.24, 2.45) is 0 Å². The Morgan fingerprint density at radius 1 is 1.29 bits per heavy atom. The number of ether oxygens (including phenoxy) is 1. The molecular formula is C11H11N2O4. The normalized spacial score (nSPS) is 9.18. The van der Waals surface area contributed by atoms with Gasteiger partial charge in [0.25, 0.3) is 0 Å². The molecule has 2 amide bonds. The molecule has 1 aromatic carbocycles. The Balaban J connectivity index is 2.53. The summed E-state index contributed by atoms with van der Waals surface area (Å²) in [6.45, 7) is 3.75. The van der Waals surface area contributed by atoms with E-state index in [2.05, 4.69) is 17.2 Å². The van der Waals surface area contributed by atoms with E-state index in [4.69, 9.17) is 4.74 Å². The van der Waals surface area contributed by atoms with Crippen molar-refractivity contribution in [2.45, 2.75) is 0 Å². The van der Waals surface area contributed by atoms with Crippen molar-refractivity contribution >= 4 is 17.9 Å². The van der Waals surface area contributed by atoms with Crippen molar-refractivity contribution in [3.8, 4) is 5.75 Å². The zero-order valence-corrected chi connectivity index (χ0v) is 8.93. The summed E-state index contributed by atoms with van der Waals surface area (Å²) in [6, 6.07) is 5.81. The van der Waals surface area contributed by atoms with Crippen molar-refractivity contribution in [3.63, 3.8) is 0 Å². The topological polar surface area (TPSA) is 87.3 Å². The first-order valence-electron chi connectivity index (χ1n) is 4.76. The number of carbonyl (C=O) groups is 2. The van der Waals surface area contributed by atoms with Crippen LogP contribution in [0.25, 0.3) is 0 Å². The van der Waals surface area contributed by atoms with Gasteiger partial charge in [0.1, 0.15) is 5.75 Å². The molecule has 6 heteroatoms. The van der Waals surface area contributed by atoms with Gasteiger partial charge in [0.05, 0.1) is 0 Å². The first kappa shape index (κ1) is 12.6. The Morgan fingerprint density at radius 2 is 1.94 bits per heavy atom. The van der Waals surface area contributed by atoms with Gasteiger partial charge < -0.3 is 10.1 Å². The first-order chi connectivity index (χ1) is 8.11. The average Bonchev–Trinajstić information content (AvgIpc) is 2.28. The molecule has 0 spiro atoms. The highest BCUT2D eigenvalue weighted by atomic mass is 16.6. The molecule has 0 aliphatic rings. The molecule has 6 nitrogen and oxygen atoms in total. The highest BCUT2D eigenvalue weighted by Crippen LogP contribution is 2.15. The third-order valence-corrected chi connectivity index (χ3v) is 1.70. The number of nitrogens with one attached hydrogen (secondary N) is 2. The van der Waals surface area contributed by atoms with Crippen LogP contribution in [-0.2, 0) is 5.11 Å². The monoisotopic (exact) mass is 235 g/mol. The molecular weight excluding hydrogens is 224 g/mol. The third-order valence-electron chi connectivity index (χ3n) is 1.70. The smallest absolute Gasteiger partial charge is 0.410 e. The summed E-state index contributed by atoms with van der Waals surface area (Å²) in [5.74, 6) is 0.301. The van der Waals surface area contributed by atoms with E-state index in [-0.39, 0.29) is 0 Å². The van der Waals surface area contributed by atoms with Gasteiger partial charge in [-0.2, -0.15) is 0 Å². The molecule has 1 radical (unpaired) electrons. The number of rotatable bonds is 4. The number of benzene rings is 1. The maximum Gasteiger partial charge on any atom is 0.454 e. The molecule has 0 heterocycles. The molecule has 0 aliphatic carbocycles. The predicted octanol–water partition coefficient (Wildman–Crippen LogP) is 1.92. The van der Waals surface area contributed by atoms with Crippen LogP contribution in [0.5, 0.6) is 5.75 Å². The summed E-state index contributed by atoms with van der Waals surface area (Å²) in [7, 11) is 0. The Hall–Kier alpha value is -2.50. The van der Waals surface area contributed by atoms with Gasteiger partial charge in [-0.25, -0.2) is 14.7 Å². The van der Waals surface area contributed by atoms with E-state index in [9.17, 15) is 14.7 Å². The van der Waals surface area contributed by atoms with E-state index in [1.54, 1.807) is 0 Å². The van der Waals surface area contributed by atoms with E-state index in [1.165, 1.54) is 30.3 Å². The van der Waals surface area contributed by atoms with Crippen molar-refractivity contribution < 1.29 is 19.4 Å². The fraction of sp³-hybridized carbons (Fsp3) is 0.0909. The third kappa shape index (κ3) is 4.70. The second-order valence-electron chi connectivity index (χ2n) is 3.00. The van der Waals surface area contributed by atoms with Crippen LogP contribution >= 0.6 is 0 Å². The summed E-state index contributed by atoms with van der Waals surface area (Å²) in [5, 5.41) is 14.7. The molecule has 0 bridgehead atoms. The van der Waals surface area contributed by atoms with Crippen molar-refractivity contribution in [1.82, 2.24) is 5.32 Å². The van der Waals surface area contributed by atoms with Crippen LogP contribution in [0.15, 0.2) is 36.9 Å². The molecule has 0 aliphatic heterocycles. The van der Waals surface area contributed by atoms with Crippen LogP contribution in [0.2, 0.25) is 0 Å². The van der Waals surface area contributed by atoms with Gasteiger partial charge in [0.15, 0.2) is 0 Å². The number of anilines is 1. The van der Waals surface area contributed by atoms with Gasteiger partial charge in [-0.3, -0.25) is 5.32 Å². The number of amides is 2. The average molecular weight is 235 g/mol. The Bertz CT molecular complexity index is 414. The number of hydrogen-bond donors (Lipinski definition) is 2. The lowest BCUT2D eigenvalue weighted by atomic mass is 10.3. The van der Waals surface area contributed by atoms with Crippen LogP contribution in [0.1, 0.15) is 0 Å². The highest BCUT2D eigenvalue weighted by Gasteiger charge is 2.03. The summed E-state index contributed by atoms with van der Waals surface area (Å²) in [5.41, 5.74) is 0.337. The van der Waals surface area contributed by atoms with Gasteiger partial charge in [-0.15, -0.1) is 6.58 Å². The minimum Gasteiger partial charge on any atom is -0.410 e. The highest BCUT2D eigenvalue weighted by molar-refractivity contribution is 5.82. The van der Waals surface area contributed by atoms with Crippen LogP contribution in [-0.4, -0.2) is 18.7 Å². The van der Waals surface area contributed by atoms with E-state index < -0.39 is 12.2 Å². The molecule has 0 saturated carbocycles. The lowest BCUT2D eigenvalue weighted by molar-refractivity contribution is 0.185. The fourth-order valence-electron chi connectivity index (χ4n) is 1.02. The lowest BCUT2D eigenvalue weighted by Gasteiger charge is -2.05. The SMILES string of the molecule is C=CCNC(=O)Oc1ccc(NC([O])=O)cc1. The van der Waals surface area contributed by atoms with Gasteiger partial charge >= 0.3 is 12.2 Å². The second kappa shape index (κ2) is 6.16. The van der Waals surface area contributed by atoms with E-state index >= 15 is 0 Å². The lowest BCUT2D eigenvalue weighted by Crippen LogP contribution is -2.26. The minimum atomic E-state index is -1.40. The Morgan fingerprint density at radius 3 is 2.47 bits per heavy atom. The standard InChI is InChI=1S/C11H11N2O4/c1-2-7-12-11(16)17-9-5-3-8(4-6-9)13-10(14)15/h2-6,13H,1,7H2,(H,12,16). The predicted molar refractivity (Wildman–Crippen MR) is 60.4 cm³/mol. The molecule has 2 N–H and O–H groups in total. The van der Waals surface area contributed by atoms with E-state index in [1.807, 2.05) is 0 Å². The Labute approximate surface area is 97.9 Å². The van der Waals surface area contributed by atoms with Gasteiger partial charge in [-0.05, 0) is 24.3 Å². The van der Waals surface area contributed by atoms with Crippen LogP contribution in [0, 0.1) is 0 Å². The molecule has 1 aromatic rings. The van der Waals surface area contributed by atoms with E-state index in [0.717, 1.165) is 0 Å². The second-order valence-corrected chi connectivity index (χ2v) is 3.00. The van der Waals surface area contributed by atoms with Gasteiger partial charge in [0.2, 0.25) is 0 Å². The zero-order chi connectivity index (χ0) is 12.7. The van der Waals surface area contributed by atoms with Crippen LogP contribution < -0.4 is 15.4 Å². The van der Waals surface area contributed by atoms with Crippen molar-refractivity contribution in [2.75, 3.05) is 11.9 Å². The first-order valence-corrected chi connectivity index (χ1v) is 4.76. The van der Waals surface area contributed by atoms with Gasteiger partial charge in [-0.1, -0.05) is 6.08 Å². The van der Waals surface area contributed by atoms with E-state index in [0.29, 0.717) is 18.0 Å². The van der Waals surface area contributed by atoms with Gasteiger partial charge in [0, 0.05) is 12.2 Å². The summed E-state index contributed by atoms with van der Waals surface area (Å²) >= 11 is 0. The number of carbonyl (C=O) groups excluding carboxylic acids is 2. The molecule has 0 unspecified atom stereocenters. The number of hydrogen-bond acceptors (Lipinski definition) is 3. The molecule has 0 atom stereocenters. The largest absolute Gasteiger partial charge is 0.454 e. The maximum absolute atomic E-state index is 11.1. The summed E-state index contributed by atoms with van der Waals surface area (Å²) in [4.78, 5) is 21.4. The summed E-state index contributed by atoms with van der Waals surface area (Å²) < 4.78 is 4.89. The summed E-state index contributed by atoms with van der Waals surface area (Å²) in [6.07, 6.45) is -0.485. The molecule has 89 valence electrons. The zero-order valence-electron chi connectivity index (χ0n) is 8.93. The fourth-order valence-corrected chi connectivity index (χ4v) is 1.02. The van der Waals surface area contributed by atoms with Crippen LogP contribution in [0.3, 0.4) is 0 Å². The Kier molecular flexibility index (Phi) is 4.56. The van der Waals surface area contributed by atoms with Crippen molar-refractivity contribution in [1.29, 1.82) is 0 Å². The van der Waals surface area contributed by atoms with Crippen molar-refractivity contribution in [3.05, 3.63) is 36.9 Å². The molecule has 0 fully saturated rings. The molecule has 17 heavy (non-hydrogen) atoms.